The lowest BCUT2D eigenvalue weighted by molar-refractivity contribution is 0.600. The molecule has 5 nitrogen and oxygen atoms in total. The van der Waals surface area contributed by atoms with Gasteiger partial charge in [0.2, 0.25) is 0 Å². The van der Waals surface area contributed by atoms with Crippen LogP contribution in [0.1, 0.15) is 21.7 Å². The van der Waals surface area contributed by atoms with Gasteiger partial charge in [-0.15, -0.1) is 11.3 Å². The van der Waals surface area contributed by atoms with Crippen molar-refractivity contribution >= 4 is 26.5 Å². The molecule has 0 aliphatic rings. The second-order valence-electron chi connectivity index (χ2n) is 4.90. The van der Waals surface area contributed by atoms with Gasteiger partial charge >= 0.3 is 0 Å². The summed E-state index contributed by atoms with van der Waals surface area (Å²) in [6.07, 6.45) is 0. The molecule has 114 valence electrons. The Kier molecular flexibility index (Phi) is 4.65. The molecule has 0 saturated carbocycles. The zero-order valence-corrected chi connectivity index (χ0v) is 14.2. The van der Waals surface area contributed by atoms with E-state index in [2.05, 4.69) is 15.0 Å². The van der Waals surface area contributed by atoms with Gasteiger partial charge in [-0.05, 0) is 45.0 Å². The van der Waals surface area contributed by atoms with Gasteiger partial charge in [0, 0.05) is 11.4 Å². The SMILES string of the molecule is CNCc1ccc(C)c(S(=O)(=O)Nc2nc(C)c(C)s2)c1. The summed E-state index contributed by atoms with van der Waals surface area (Å²) in [7, 11) is -1.79. The van der Waals surface area contributed by atoms with E-state index in [4.69, 9.17) is 0 Å². The second-order valence-corrected chi connectivity index (χ2v) is 7.75. The summed E-state index contributed by atoms with van der Waals surface area (Å²) in [6, 6.07) is 5.43. The molecule has 7 heteroatoms. The number of sulfonamides is 1. The van der Waals surface area contributed by atoms with Crippen LogP contribution < -0.4 is 10.0 Å². The summed E-state index contributed by atoms with van der Waals surface area (Å²) >= 11 is 1.34. The molecular weight excluding hydrogens is 306 g/mol. The van der Waals surface area contributed by atoms with Gasteiger partial charge in [0.15, 0.2) is 5.13 Å². The quantitative estimate of drug-likeness (QED) is 0.886. The zero-order valence-electron chi connectivity index (χ0n) is 12.5. The van der Waals surface area contributed by atoms with Gasteiger partial charge in [0.25, 0.3) is 10.0 Å². The standard InChI is InChI=1S/C14H19N3O2S2/c1-9-5-6-12(8-15-4)7-13(9)21(18,19)17-14-16-10(2)11(3)20-14/h5-7,15H,8H2,1-4H3,(H,16,17). The smallest absolute Gasteiger partial charge is 0.263 e. The Morgan fingerprint density at radius 2 is 1.95 bits per heavy atom. The predicted molar refractivity (Wildman–Crippen MR) is 86.3 cm³/mol. The fraction of sp³-hybridized carbons (Fsp3) is 0.357. The van der Waals surface area contributed by atoms with Crippen LogP contribution in [0.3, 0.4) is 0 Å². The molecule has 0 unspecified atom stereocenters. The molecule has 2 rings (SSSR count). The van der Waals surface area contributed by atoms with Gasteiger partial charge in [-0.1, -0.05) is 12.1 Å². The Balaban J connectivity index is 2.36. The first-order valence-electron chi connectivity index (χ1n) is 6.54. The molecule has 0 amide bonds. The fourth-order valence-corrected chi connectivity index (χ4v) is 4.28. The van der Waals surface area contributed by atoms with Gasteiger partial charge in [-0.3, -0.25) is 4.72 Å². The lowest BCUT2D eigenvalue weighted by atomic mass is 10.1. The first-order valence-corrected chi connectivity index (χ1v) is 8.84. The molecule has 2 N–H and O–H groups in total. The number of hydrogen-bond donors (Lipinski definition) is 2. The fourth-order valence-electron chi connectivity index (χ4n) is 1.93. The molecule has 1 aromatic heterocycles. The maximum atomic E-state index is 12.5. The van der Waals surface area contributed by atoms with Crippen LogP contribution in [0.5, 0.6) is 0 Å². The molecule has 0 atom stereocenters. The van der Waals surface area contributed by atoms with Crippen LogP contribution in [-0.2, 0) is 16.6 Å². The maximum Gasteiger partial charge on any atom is 0.263 e. The van der Waals surface area contributed by atoms with E-state index in [0.29, 0.717) is 22.1 Å². The van der Waals surface area contributed by atoms with E-state index in [-0.39, 0.29) is 0 Å². The number of rotatable bonds is 5. The van der Waals surface area contributed by atoms with Gasteiger partial charge in [-0.25, -0.2) is 13.4 Å². The van der Waals surface area contributed by atoms with Gasteiger partial charge in [-0.2, -0.15) is 0 Å². The van der Waals surface area contributed by atoms with E-state index in [1.807, 2.05) is 33.0 Å². The Hall–Kier alpha value is -1.44. The molecule has 0 radical (unpaired) electrons. The lowest BCUT2D eigenvalue weighted by Gasteiger charge is -2.10. The van der Waals surface area contributed by atoms with Crippen molar-refractivity contribution < 1.29 is 8.42 Å². The molecule has 21 heavy (non-hydrogen) atoms. The van der Waals surface area contributed by atoms with E-state index in [1.165, 1.54) is 11.3 Å². The molecule has 0 saturated heterocycles. The number of aryl methyl sites for hydroxylation is 3. The van der Waals surface area contributed by atoms with Crippen molar-refractivity contribution in [2.75, 3.05) is 11.8 Å². The van der Waals surface area contributed by atoms with Crippen molar-refractivity contribution in [1.82, 2.24) is 10.3 Å². The first-order chi connectivity index (χ1) is 9.83. The predicted octanol–water partition coefficient (Wildman–Crippen LogP) is 2.59. The van der Waals surface area contributed by atoms with Crippen molar-refractivity contribution in [2.24, 2.45) is 0 Å². The Morgan fingerprint density at radius 1 is 1.24 bits per heavy atom. The van der Waals surface area contributed by atoms with Crippen LogP contribution in [0.2, 0.25) is 0 Å². The molecule has 2 aromatic rings. The molecular formula is C14H19N3O2S2. The van der Waals surface area contributed by atoms with Crippen LogP contribution in [-0.4, -0.2) is 20.4 Å². The highest BCUT2D eigenvalue weighted by molar-refractivity contribution is 7.93. The number of thiazole rings is 1. The van der Waals surface area contributed by atoms with Crippen LogP contribution in [0.4, 0.5) is 5.13 Å². The Morgan fingerprint density at radius 3 is 2.52 bits per heavy atom. The number of nitrogens with one attached hydrogen (secondary N) is 2. The van der Waals surface area contributed by atoms with E-state index in [0.717, 1.165) is 16.1 Å². The number of anilines is 1. The van der Waals surface area contributed by atoms with Crippen LogP contribution >= 0.6 is 11.3 Å². The highest BCUT2D eigenvalue weighted by atomic mass is 32.2. The second kappa shape index (κ2) is 6.13. The molecule has 0 bridgehead atoms. The average Bonchev–Trinajstić information content (AvgIpc) is 2.70. The first kappa shape index (κ1) is 15.9. The van der Waals surface area contributed by atoms with Crippen molar-refractivity contribution in [1.29, 1.82) is 0 Å². The molecule has 1 heterocycles. The number of benzene rings is 1. The summed E-state index contributed by atoms with van der Waals surface area (Å²) in [6.45, 7) is 6.19. The molecule has 0 aliphatic heterocycles. The van der Waals surface area contributed by atoms with Crippen molar-refractivity contribution in [3.8, 4) is 0 Å². The number of aromatic nitrogens is 1. The number of hydrogen-bond acceptors (Lipinski definition) is 5. The minimum Gasteiger partial charge on any atom is -0.316 e. The van der Waals surface area contributed by atoms with Gasteiger partial charge in [0.1, 0.15) is 0 Å². The largest absolute Gasteiger partial charge is 0.316 e. The summed E-state index contributed by atoms with van der Waals surface area (Å²) in [4.78, 5) is 5.53. The summed E-state index contributed by atoms with van der Waals surface area (Å²) < 4.78 is 27.6. The zero-order chi connectivity index (χ0) is 15.6. The van der Waals surface area contributed by atoms with E-state index in [1.54, 1.807) is 13.0 Å². The molecule has 0 spiro atoms. The minimum atomic E-state index is -3.62. The van der Waals surface area contributed by atoms with Gasteiger partial charge in [0.05, 0.1) is 10.6 Å². The summed E-state index contributed by atoms with van der Waals surface area (Å²) in [5, 5.41) is 3.42. The van der Waals surface area contributed by atoms with Crippen LogP contribution in [0.15, 0.2) is 23.1 Å². The third kappa shape index (κ3) is 3.61. The lowest BCUT2D eigenvalue weighted by Crippen LogP contribution is -2.15. The Bertz CT molecular complexity index is 732. The van der Waals surface area contributed by atoms with E-state index >= 15 is 0 Å². The van der Waals surface area contributed by atoms with Crippen molar-refractivity contribution in [2.45, 2.75) is 32.2 Å². The number of nitrogens with zero attached hydrogens (tertiary/aromatic N) is 1. The molecule has 0 aliphatic carbocycles. The minimum absolute atomic E-state index is 0.292. The Labute approximate surface area is 129 Å². The molecule has 1 aromatic carbocycles. The third-order valence-corrected chi connectivity index (χ3v) is 5.77. The van der Waals surface area contributed by atoms with Gasteiger partial charge < -0.3 is 5.32 Å². The topological polar surface area (TPSA) is 71.1 Å². The van der Waals surface area contributed by atoms with Crippen molar-refractivity contribution in [3.05, 3.63) is 39.9 Å². The average molecular weight is 325 g/mol. The summed E-state index contributed by atoms with van der Waals surface area (Å²) in [5.74, 6) is 0. The van der Waals surface area contributed by atoms with Crippen molar-refractivity contribution in [3.63, 3.8) is 0 Å². The maximum absolute atomic E-state index is 12.5. The normalized spacial score (nSPS) is 11.6. The van der Waals surface area contributed by atoms with Crippen LogP contribution in [0, 0.1) is 20.8 Å². The highest BCUT2D eigenvalue weighted by Crippen LogP contribution is 2.25. The highest BCUT2D eigenvalue weighted by Gasteiger charge is 2.19. The van der Waals surface area contributed by atoms with E-state index in [9.17, 15) is 8.42 Å². The third-order valence-electron chi connectivity index (χ3n) is 3.17. The van der Waals surface area contributed by atoms with E-state index < -0.39 is 10.0 Å². The van der Waals surface area contributed by atoms with Crippen LogP contribution in [0.25, 0.3) is 0 Å². The summed E-state index contributed by atoms with van der Waals surface area (Å²) in [5.41, 5.74) is 2.49. The monoisotopic (exact) mass is 325 g/mol. The molecule has 0 fully saturated rings.